The van der Waals surface area contributed by atoms with Crippen LogP contribution in [0.4, 0.5) is 11.8 Å². The number of hydrogen-bond acceptors (Lipinski definition) is 6. The van der Waals surface area contributed by atoms with E-state index in [1.165, 1.54) is 0 Å². The molecule has 3 heterocycles. The third kappa shape index (κ3) is 3.33. The van der Waals surface area contributed by atoms with Crippen LogP contribution in [0.5, 0.6) is 0 Å². The van der Waals surface area contributed by atoms with Crippen molar-refractivity contribution in [3.63, 3.8) is 0 Å². The lowest BCUT2D eigenvalue weighted by atomic mass is 9.90. The normalized spacial score (nSPS) is 17.4. The summed E-state index contributed by atoms with van der Waals surface area (Å²) in [5.41, 5.74) is 8.01. The van der Waals surface area contributed by atoms with E-state index in [2.05, 4.69) is 28.7 Å². The minimum Gasteiger partial charge on any atom is -0.387 e. The van der Waals surface area contributed by atoms with Gasteiger partial charge < -0.3 is 15.7 Å². The van der Waals surface area contributed by atoms with E-state index in [9.17, 15) is 5.11 Å². The summed E-state index contributed by atoms with van der Waals surface area (Å²) in [6.45, 7) is 5.95. The molecule has 6 heteroatoms. The highest BCUT2D eigenvalue weighted by atomic mass is 32.1. The number of piperidine rings is 1. The van der Waals surface area contributed by atoms with Crippen LogP contribution in [0.15, 0.2) is 17.5 Å². The summed E-state index contributed by atoms with van der Waals surface area (Å²) in [5.74, 6) is 1.62. The van der Waals surface area contributed by atoms with Crippen molar-refractivity contribution in [3.8, 4) is 0 Å². The largest absolute Gasteiger partial charge is 0.387 e. The molecule has 1 unspecified atom stereocenters. The van der Waals surface area contributed by atoms with Crippen molar-refractivity contribution in [2.75, 3.05) is 23.7 Å². The van der Waals surface area contributed by atoms with Crippen molar-refractivity contribution in [1.29, 1.82) is 0 Å². The maximum absolute atomic E-state index is 10.5. The van der Waals surface area contributed by atoms with Gasteiger partial charge in [0.15, 0.2) is 0 Å². The SMILES string of the molecule is CCc1nc(N)nc(N2CCC(C(O)c3cccs3)CC2)c1C. The summed E-state index contributed by atoms with van der Waals surface area (Å²) >= 11 is 1.63. The molecule has 0 bridgehead atoms. The first-order valence-corrected chi connectivity index (χ1v) is 9.07. The number of aliphatic hydroxyl groups excluding tert-OH is 1. The first-order chi connectivity index (χ1) is 11.1. The van der Waals surface area contributed by atoms with Gasteiger partial charge in [0.05, 0.1) is 11.8 Å². The quantitative estimate of drug-likeness (QED) is 0.900. The van der Waals surface area contributed by atoms with Crippen LogP contribution in [0.1, 0.15) is 42.0 Å². The van der Waals surface area contributed by atoms with E-state index in [0.29, 0.717) is 11.9 Å². The number of nitrogens with zero attached hydrogens (tertiary/aromatic N) is 3. The van der Waals surface area contributed by atoms with Crippen LogP contribution in [0, 0.1) is 12.8 Å². The molecule has 23 heavy (non-hydrogen) atoms. The van der Waals surface area contributed by atoms with Crippen LogP contribution in [0.3, 0.4) is 0 Å². The highest BCUT2D eigenvalue weighted by molar-refractivity contribution is 7.10. The Bertz CT molecular complexity index is 651. The van der Waals surface area contributed by atoms with Crippen LogP contribution >= 0.6 is 11.3 Å². The topological polar surface area (TPSA) is 75.3 Å². The van der Waals surface area contributed by atoms with Crippen LogP contribution in [-0.2, 0) is 6.42 Å². The predicted octanol–water partition coefficient (Wildman–Crippen LogP) is 2.94. The van der Waals surface area contributed by atoms with E-state index in [-0.39, 0.29) is 6.10 Å². The monoisotopic (exact) mass is 332 g/mol. The second-order valence-electron chi connectivity index (χ2n) is 6.12. The Morgan fingerprint density at radius 3 is 2.74 bits per heavy atom. The zero-order valence-electron chi connectivity index (χ0n) is 13.7. The molecule has 2 aromatic rings. The molecule has 1 aliphatic rings. The van der Waals surface area contributed by atoms with Gasteiger partial charge in [-0.2, -0.15) is 4.98 Å². The molecule has 0 saturated carbocycles. The van der Waals surface area contributed by atoms with Crippen molar-refractivity contribution >= 4 is 23.1 Å². The van der Waals surface area contributed by atoms with Crippen molar-refractivity contribution < 1.29 is 5.11 Å². The summed E-state index contributed by atoms with van der Waals surface area (Å²) in [5, 5.41) is 12.5. The molecule has 0 aliphatic carbocycles. The lowest BCUT2D eigenvalue weighted by Gasteiger charge is -2.35. The lowest BCUT2D eigenvalue weighted by molar-refractivity contribution is 0.0960. The van der Waals surface area contributed by atoms with Gasteiger partial charge in [0.2, 0.25) is 5.95 Å². The van der Waals surface area contributed by atoms with Crippen molar-refractivity contribution in [3.05, 3.63) is 33.6 Å². The fraction of sp³-hybridized carbons (Fsp3) is 0.529. The van der Waals surface area contributed by atoms with Crippen LogP contribution in [0.2, 0.25) is 0 Å². The highest BCUT2D eigenvalue weighted by Crippen LogP contribution is 2.34. The predicted molar refractivity (Wildman–Crippen MR) is 94.8 cm³/mol. The number of nitrogen functional groups attached to an aromatic ring is 1. The molecule has 1 saturated heterocycles. The lowest BCUT2D eigenvalue weighted by Crippen LogP contribution is -2.36. The maximum Gasteiger partial charge on any atom is 0.222 e. The fourth-order valence-corrected chi connectivity index (χ4v) is 4.14. The van der Waals surface area contributed by atoms with E-state index >= 15 is 0 Å². The van der Waals surface area contributed by atoms with E-state index in [0.717, 1.165) is 54.3 Å². The zero-order valence-corrected chi connectivity index (χ0v) is 14.5. The van der Waals surface area contributed by atoms with Gasteiger partial charge in [-0.05, 0) is 43.6 Å². The van der Waals surface area contributed by atoms with Gasteiger partial charge in [0.1, 0.15) is 5.82 Å². The Morgan fingerprint density at radius 1 is 1.39 bits per heavy atom. The van der Waals surface area contributed by atoms with Crippen molar-refractivity contribution in [1.82, 2.24) is 9.97 Å². The van der Waals surface area contributed by atoms with E-state index in [4.69, 9.17) is 5.73 Å². The molecular formula is C17H24N4OS. The molecule has 1 aliphatic heterocycles. The Balaban J connectivity index is 1.71. The number of hydrogen-bond donors (Lipinski definition) is 2. The van der Waals surface area contributed by atoms with E-state index in [1.54, 1.807) is 11.3 Å². The molecule has 124 valence electrons. The Kier molecular flexibility index (Phi) is 4.82. The van der Waals surface area contributed by atoms with Gasteiger partial charge in [0, 0.05) is 23.5 Å². The Labute approximate surface area is 141 Å². The summed E-state index contributed by atoms with van der Waals surface area (Å²) in [4.78, 5) is 12.1. The molecule has 1 fully saturated rings. The minimum atomic E-state index is -0.347. The molecule has 0 amide bonds. The van der Waals surface area contributed by atoms with Crippen molar-refractivity contribution in [2.45, 2.75) is 39.2 Å². The number of aryl methyl sites for hydroxylation is 1. The molecule has 0 aromatic carbocycles. The minimum absolute atomic E-state index is 0.315. The Morgan fingerprint density at radius 2 is 2.13 bits per heavy atom. The summed E-state index contributed by atoms with van der Waals surface area (Å²) in [6, 6.07) is 4.02. The van der Waals surface area contributed by atoms with Crippen LogP contribution in [0.25, 0.3) is 0 Å². The third-order valence-corrected chi connectivity index (χ3v) is 5.64. The van der Waals surface area contributed by atoms with Gasteiger partial charge in [0.25, 0.3) is 0 Å². The molecule has 1 atom stereocenters. The second-order valence-corrected chi connectivity index (χ2v) is 7.09. The number of rotatable bonds is 4. The summed E-state index contributed by atoms with van der Waals surface area (Å²) < 4.78 is 0. The maximum atomic E-state index is 10.5. The second kappa shape index (κ2) is 6.84. The number of aliphatic hydroxyl groups is 1. The van der Waals surface area contributed by atoms with Gasteiger partial charge in [-0.15, -0.1) is 11.3 Å². The molecule has 0 spiro atoms. The zero-order chi connectivity index (χ0) is 16.4. The fourth-order valence-electron chi connectivity index (χ4n) is 3.34. The first-order valence-electron chi connectivity index (χ1n) is 8.19. The average molecular weight is 332 g/mol. The molecule has 5 nitrogen and oxygen atoms in total. The number of thiophene rings is 1. The number of anilines is 2. The van der Waals surface area contributed by atoms with E-state index in [1.807, 2.05) is 17.5 Å². The number of nitrogens with two attached hydrogens (primary N) is 1. The van der Waals surface area contributed by atoms with Crippen LogP contribution < -0.4 is 10.6 Å². The third-order valence-electron chi connectivity index (χ3n) is 4.69. The van der Waals surface area contributed by atoms with Crippen molar-refractivity contribution in [2.24, 2.45) is 5.92 Å². The smallest absolute Gasteiger partial charge is 0.222 e. The highest BCUT2D eigenvalue weighted by Gasteiger charge is 2.28. The molecule has 0 radical (unpaired) electrons. The van der Waals surface area contributed by atoms with Gasteiger partial charge >= 0.3 is 0 Å². The standard InChI is InChI=1S/C17H24N4OS/c1-3-13-11(2)16(20-17(18)19-13)21-8-6-12(7-9-21)15(22)14-5-4-10-23-14/h4-5,10,12,15,22H,3,6-9H2,1-2H3,(H2,18,19,20). The first kappa shape index (κ1) is 16.2. The summed E-state index contributed by atoms with van der Waals surface area (Å²) in [7, 11) is 0. The van der Waals surface area contributed by atoms with Crippen LogP contribution in [-0.4, -0.2) is 28.2 Å². The molecule has 3 rings (SSSR count). The molecule has 2 aromatic heterocycles. The number of aromatic nitrogens is 2. The van der Waals surface area contributed by atoms with Gasteiger partial charge in [-0.25, -0.2) is 4.98 Å². The molecule has 3 N–H and O–H groups in total. The Hall–Kier alpha value is -1.66. The van der Waals surface area contributed by atoms with Gasteiger partial charge in [-0.3, -0.25) is 0 Å². The molecular weight excluding hydrogens is 308 g/mol. The average Bonchev–Trinajstić information content (AvgIpc) is 3.10. The van der Waals surface area contributed by atoms with Gasteiger partial charge in [-0.1, -0.05) is 13.0 Å². The van der Waals surface area contributed by atoms with E-state index < -0.39 is 0 Å². The summed E-state index contributed by atoms with van der Waals surface area (Å²) in [6.07, 6.45) is 2.44.